The molecule has 3 heteroatoms. The van der Waals surface area contributed by atoms with E-state index in [1.54, 1.807) is 0 Å². The van der Waals surface area contributed by atoms with Crippen LogP contribution in [0.4, 0.5) is 0 Å². The second-order valence-corrected chi connectivity index (χ2v) is 3.59. The van der Waals surface area contributed by atoms with Crippen LogP contribution in [0, 0.1) is 0 Å². The average molecular weight is 203 g/mol. The molecule has 9 heavy (non-hydrogen) atoms. The predicted octanol–water partition coefficient (Wildman–Crippen LogP) is 2.02. The number of benzene rings is 1. The molecule has 0 heterocycles. The molecule has 1 aromatic rings. The molecule has 0 fully saturated rings. The molecule has 0 saturated heterocycles. The molecule has 46 valence electrons. The van der Waals surface area contributed by atoms with E-state index in [0.29, 0.717) is 0 Å². The van der Waals surface area contributed by atoms with Gasteiger partial charge in [0.05, 0.1) is 0 Å². The Morgan fingerprint density at radius 1 is 1.22 bits per heavy atom. The molecular weight excluding hydrogens is 198 g/mol. The van der Waals surface area contributed by atoms with Crippen LogP contribution < -0.4 is 5.46 Å². The molecule has 0 unspecified atom stereocenters. The first kappa shape index (κ1) is 7.17. The lowest BCUT2D eigenvalue weighted by atomic mass is 9.95. The minimum atomic E-state index is -0.0568. The SMILES string of the molecule is ClB(Br)c1ccccc1. The van der Waals surface area contributed by atoms with Crippen LogP contribution in [0.2, 0.25) is 0 Å². The third-order valence-electron chi connectivity index (χ3n) is 1.05. The molecular formula is C6H5BBrCl. The maximum atomic E-state index is 5.72. The van der Waals surface area contributed by atoms with Gasteiger partial charge in [0.2, 0.25) is 0 Å². The van der Waals surface area contributed by atoms with E-state index in [0.717, 1.165) is 5.46 Å². The summed E-state index contributed by atoms with van der Waals surface area (Å²) in [6, 6.07) is 9.85. The zero-order valence-corrected chi connectivity index (χ0v) is 7.06. The van der Waals surface area contributed by atoms with Crippen LogP contribution in [0.15, 0.2) is 30.3 Å². The molecule has 0 aliphatic rings. The second-order valence-electron chi connectivity index (χ2n) is 1.71. The van der Waals surface area contributed by atoms with Gasteiger partial charge in [-0.15, -0.1) is 15.8 Å². The van der Waals surface area contributed by atoms with Crippen LogP contribution in [0.3, 0.4) is 0 Å². The summed E-state index contributed by atoms with van der Waals surface area (Å²) >= 11 is 8.97. The van der Waals surface area contributed by atoms with E-state index in [-0.39, 0.29) is 4.95 Å². The van der Waals surface area contributed by atoms with Crippen molar-refractivity contribution < 1.29 is 0 Å². The Hall–Kier alpha value is 0.0549. The largest absolute Gasteiger partial charge is 0.356 e. The molecule has 0 bridgehead atoms. The van der Waals surface area contributed by atoms with E-state index in [2.05, 4.69) is 15.8 Å². The van der Waals surface area contributed by atoms with Gasteiger partial charge in [0.15, 0.2) is 0 Å². The van der Waals surface area contributed by atoms with Crippen molar-refractivity contribution in [3.8, 4) is 0 Å². The molecule has 0 atom stereocenters. The quantitative estimate of drug-likeness (QED) is 0.612. The molecule has 0 N–H and O–H groups in total. The third kappa shape index (κ3) is 2.03. The van der Waals surface area contributed by atoms with E-state index >= 15 is 0 Å². The summed E-state index contributed by atoms with van der Waals surface area (Å²) < 4.78 is 0. The van der Waals surface area contributed by atoms with Crippen molar-refractivity contribution in [1.29, 1.82) is 0 Å². The van der Waals surface area contributed by atoms with E-state index in [1.165, 1.54) is 0 Å². The minimum absolute atomic E-state index is 0.0568. The highest BCUT2D eigenvalue weighted by Gasteiger charge is 2.05. The van der Waals surface area contributed by atoms with E-state index in [1.807, 2.05) is 30.3 Å². The molecule has 0 saturated carbocycles. The van der Waals surface area contributed by atoms with Crippen molar-refractivity contribution in [3.63, 3.8) is 0 Å². The number of halogens is 2. The smallest absolute Gasteiger partial charge is 0.172 e. The van der Waals surface area contributed by atoms with Crippen LogP contribution in [0.5, 0.6) is 0 Å². The summed E-state index contributed by atoms with van der Waals surface area (Å²) in [7, 11) is 0. The van der Waals surface area contributed by atoms with Gasteiger partial charge < -0.3 is 0 Å². The molecule has 0 aliphatic carbocycles. The molecule has 0 aliphatic heterocycles. The van der Waals surface area contributed by atoms with Gasteiger partial charge in [-0.1, -0.05) is 35.8 Å². The van der Waals surface area contributed by atoms with Crippen molar-refractivity contribution in [2.45, 2.75) is 0 Å². The first-order valence-corrected chi connectivity index (χ1v) is 3.99. The topological polar surface area (TPSA) is 0 Å². The molecule has 1 rings (SSSR count). The Labute approximate surface area is 68.2 Å². The lowest BCUT2D eigenvalue weighted by molar-refractivity contribution is 1.77. The first-order valence-electron chi connectivity index (χ1n) is 2.64. The molecule has 1 aromatic carbocycles. The molecule has 0 spiro atoms. The third-order valence-corrected chi connectivity index (χ3v) is 1.83. The highest BCUT2D eigenvalue weighted by atomic mass is 79.9. The van der Waals surface area contributed by atoms with Crippen molar-refractivity contribution in [2.75, 3.05) is 0 Å². The monoisotopic (exact) mass is 202 g/mol. The van der Waals surface area contributed by atoms with Crippen molar-refractivity contribution in [2.24, 2.45) is 0 Å². The highest BCUT2D eigenvalue weighted by Crippen LogP contribution is 1.98. The zero-order valence-electron chi connectivity index (χ0n) is 4.72. The maximum absolute atomic E-state index is 5.72. The second kappa shape index (κ2) is 3.28. The summed E-state index contributed by atoms with van der Waals surface area (Å²) in [6.07, 6.45) is 0. The average Bonchev–Trinajstić information content (AvgIpc) is 1.90. The summed E-state index contributed by atoms with van der Waals surface area (Å²) in [4.78, 5) is -0.0568. The number of hydrogen-bond acceptors (Lipinski definition) is 0. The van der Waals surface area contributed by atoms with Gasteiger partial charge in [-0.05, 0) is 0 Å². The Kier molecular flexibility index (Phi) is 2.61. The summed E-state index contributed by atoms with van der Waals surface area (Å²) in [6.45, 7) is 0. The molecule has 0 amide bonds. The summed E-state index contributed by atoms with van der Waals surface area (Å²) in [5.74, 6) is 0. The van der Waals surface area contributed by atoms with Crippen LogP contribution in [-0.4, -0.2) is 4.95 Å². The maximum Gasteiger partial charge on any atom is 0.356 e. The molecule has 0 radical (unpaired) electrons. The summed E-state index contributed by atoms with van der Waals surface area (Å²) in [5, 5.41) is 0. The Morgan fingerprint density at radius 3 is 2.11 bits per heavy atom. The van der Waals surface area contributed by atoms with Crippen LogP contribution in [-0.2, 0) is 0 Å². The standard InChI is InChI=1S/C6H5BBrCl/c8-7(9)6-4-2-1-3-5-6/h1-5H. The van der Waals surface area contributed by atoms with Crippen molar-refractivity contribution in [3.05, 3.63) is 30.3 Å². The lowest BCUT2D eigenvalue weighted by Crippen LogP contribution is -2.15. The Morgan fingerprint density at radius 2 is 1.78 bits per heavy atom. The fourth-order valence-corrected chi connectivity index (χ4v) is 1.05. The van der Waals surface area contributed by atoms with Gasteiger partial charge in [-0.3, -0.25) is 0 Å². The van der Waals surface area contributed by atoms with Crippen LogP contribution >= 0.6 is 27.2 Å². The fraction of sp³-hybridized carbons (Fsp3) is 0. The lowest BCUT2D eigenvalue weighted by Gasteiger charge is -1.93. The van der Waals surface area contributed by atoms with E-state index in [4.69, 9.17) is 11.5 Å². The van der Waals surface area contributed by atoms with E-state index in [9.17, 15) is 0 Å². The zero-order chi connectivity index (χ0) is 6.69. The van der Waals surface area contributed by atoms with Gasteiger partial charge in [0.25, 0.3) is 0 Å². The van der Waals surface area contributed by atoms with Crippen molar-refractivity contribution in [1.82, 2.24) is 0 Å². The predicted molar refractivity (Wildman–Crippen MR) is 46.6 cm³/mol. The van der Waals surface area contributed by atoms with Gasteiger partial charge in [0.1, 0.15) is 0 Å². The fourth-order valence-electron chi connectivity index (χ4n) is 0.599. The minimum Gasteiger partial charge on any atom is -0.172 e. The van der Waals surface area contributed by atoms with Gasteiger partial charge in [0, 0.05) is 0 Å². The normalized spacial score (nSPS) is 9.11. The first-order chi connectivity index (χ1) is 4.30. The molecule has 0 nitrogen and oxygen atoms in total. The number of hydrogen-bond donors (Lipinski definition) is 0. The van der Waals surface area contributed by atoms with E-state index < -0.39 is 0 Å². The van der Waals surface area contributed by atoms with Crippen LogP contribution in [0.1, 0.15) is 0 Å². The van der Waals surface area contributed by atoms with Crippen molar-refractivity contribution >= 4 is 37.6 Å². The van der Waals surface area contributed by atoms with Crippen LogP contribution in [0.25, 0.3) is 0 Å². The molecule has 0 aromatic heterocycles. The summed E-state index contributed by atoms with van der Waals surface area (Å²) in [5.41, 5.74) is 1.10. The Bertz CT molecular complexity index is 176. The Balaban J connectivity index is 2.85. The highest BCUT2D eigenvalue weighted by molar-refractivity contribution is 9.26. The van der Waals surface area contributed by atoms with Gasteiger partial charge in [-0.2, -0.15) is 11.5 Å². The number of rotatable bonds is 1. The van der Waals surface area contributed by atoms with Gasteiger partial charge in [-0.25, -0.2) is 0 Å². The van der Waals surface area contributed by atoms with Gasteiger partial charge >= 0.3 is 4.95 Å².